The van der Waals surface area contributed by atoms with Crippen molar-refractivity contribution in [1.29, 1.82) is 0 Å². The van der Waals surface area contributed by atoms with Crippen molar-refractivity contribution in [3.05, 3.63) is 0 Å². The highest BCUT2D eigenvalue weighted by molar-refractivity contribution is 5.32. The first-order valence-electron chi connectivity index (χ1n) is 4.91. The molecule has 0 amide bonds. The maximum atomic E-state index is 8.36. The highest BCUT2D eigenvalue weighted by atomic mass is 16.3. The summed E-state index contributed by atoms with van der Waals surface area (Å²) < 4.78 is 0. The molecule has 0 bridgehead atoms. The Morgan fingerprint density at radius 3 is 2.15 bits per heavy atom. The summed E-state index contributed by atoms with van der Waals surface area (Å²) in [5.74, 6) is 1.04. The lowest BCUT2D eigenvalue weighted by atomic mass is 9.92. The van der Waals surface area contributed by atoms with Gasteiger partial charge in [0.25, 0.3) is 6.47 Å². The molecule has 0 aromatic heterocycles. The Hall–Kier alpha value is -0.570. The number of carboxylic acid groups (broad SMARTS) is 1. The van der Waals surface area contributed by atoms with E-state index < -0.39 is 0 Å². The van der Waals surface area contributed by atoms with Gasteiger partial charge < -0.3 is 10.0 Å². The summed E-state index contributed by atoms with van der Waals surface area (Å²) in [7, 11) is 2.24. The van der Waals surface area contributed by atoms with Crippen molar-refractivity contribution in [3.63, 3.8) is 0 Å². The zero-order valence-corrected chi connectivity index (χ0v) is 8.49. The van der Waals surface area contributed by atoms with Gasteiger partial charge in [-0.15, -0.1) is 0 Å². The summed E-state index contributed by atoms with van der Waals surface area (Å²) in [5.41, 5.74) is 0.826. The molecule has 3 heteroatoms. The Bertz CT molecular complexity index is 174. The van der Waals surface area contributed by atoms with E-state index in [1.807, 2.05) is 0 Å². The molecular formula is C10H19NO2. The van der Waals surface area contributed by atoms with Crippen LogP contribution >= 0.6 is 0 Å². The molecular weight excluding hydrogens is 166 g/mol. The van der Waals surface area contributed by atoms with Crippen molar-refractivity contribution in [2.24, 2.45) is 11.3 Å². The van der Waals surface area contributed by atoms with Crippen LogP contribution in [0.4, 0.5) is 0 Å². The SMILES string of the molecule is CC1CC12CCN(C)CC2.O=CO. The zero-order chi connectivity index (χ0) is 9.90. The molecule has 1 unspecified atom stereocenters. The van der Waals surface area contributed by atoms with Crippen LogP contribution in [0.2, 0.25) is 0 Å². The van der Waals surface area contributed by atoms with E-state index in [2.05, 4.69) is 18.9 Å². The van der Waals surface area contributed by atoms with E-state index in [0.717, 1.165) is 11.3 Å². The predicted octanol–water partition coefficient (Wildman–Crippen LogP) is 1.44. The minimum atomic E-state index is -0.250. The van der Waals surface area contributed by atoms with Crippen molar-refractivity contribution in [2.45, 2.75) is 26.2 Å². The summed E-state index contributed by atoms with van der Waals surface area (Å²) in [6.07, 6.45) is 4.44. The molecule has 1 aliphatic carbocycles. The van der Waals surface area contributed by atoms with E-state index >= 15 is 0 Å². The van der Waals surface area contributed by atoms with Gasteiger partial charge >= 0.3 is 0 Å². The van der Waals surface area contributed by atoms with Crippen LogP contribution in [0.1, 0.15) is 26.2 Å². The number of piperidine rings is 1. The Labute approximate surface area is 79.7 Å². The van der Waals surface area contributed by atoms with Crippen LogP contribution < -0.4 is 0 Å². The molecule has 2 rings (SSSR count). The fraction of sp³-hybridized carbons (Fsp3) is 0.900. The second-order valence-electron chi connectivity index (χ2n) is 4.38. The van der Waals surface area contributed by atoms with Gasteiger partial charge in [0, 0.05) is 0 Å². The average molecular weight is 185 g/mol. The second-order valence-corrected chi connectivity index (χ2v) is 4.38. The van der Waals surface area contributed by atoms with Gasteiger partial charge in [-0.2, -0.15) is 0 Å². The van der Waals surface area contributed by atoms with Crippen LogP contribution in [0.5, 0.6) is 0 Å². The van der Waals surface area contributed by atoms with E-state index in [9.17, 15) is 0 Å². The van der Waals surface area contributed by atoms with E-state index in [4.69, 9.17) is 9.90 Å². The lowest BCUT2D eigenvalue weighted by molar-refractivity contribution is -0.122. The third kappa shape index (κ3) is 2.44. The highest BCUT2D eigenvalue weighted by Gasteiger charge is 2.51. The molecule has 3 nitrogen and oxygen atoms in total. The van der Waals surface area contributed by atoms with Gasteiger partial charge in [0.05, 0.1) is 0 Å². The number of carbonyl (C=O) groups is 1. The van der Waals surface area contributed by atoms with E-state index in [-0.39, 0.29) is 6.47 Å². The van der Waals surface area contributed by atoms with Crippen molar-refractivity contribution in [2.75, 3.05) is 20.1 Å². The Morgan fingerprint density at radius 2 is 1.85 bits per heavy atom. The van der Waals surface area contributed by atoms with Gasteiger partial charge in [-0.05, 0) is 50.7 Å². The molecule has 1 saturated heterocycles. The number of nitrogens with zero attached hydrogens (tertiary/aromatic N) is 1. The van der Waals surface area contributed by atoms with Crippen LogP contribution in [-0.2, 0) is 4.79 Å². The molecule has 2 aliphatic rings. The average Bonchev–Trinajstić information content (AvgIpc) is 2.71. The first kappa shape index (κ1) is 10.5. The third-order valence-electron chi connectivity index (χ3n) is 3.58. The lowest BCUT2D eigenvalue weighted by Gasteiger charge is -2.29. The minimum absolute atomic E-state index is 0.250. The summed E-state index contributed by atoms with van der Waals surface area (Å²) in [5, 5.41) is 6.89. The van der Waals surface area contributed by atoms with Crippen molar-refractivity contribution < 1.29 is 9.90 Å². The standard InChI is InChI=1S/C9H17N.CH2O2/c1-8-7-9(8)3-5-10(2)6-4-9;2-1-3/h8H,3-7H2,1-2H3;1H,(H,2,3). The van der Waals surface area contributed by atoms with Gasteiger partial charge in [-0.25, -0.2) is 0 Å². The van der Waals surface area contributed by atoms with Crippen molar-refractivity contribution in [1.82, 2.24) is 4.90 Å². The van der Waals surface area contributed by atoms with Crippen LogP contribution in [0.25, 0.3) is 0 Å². The van der Waals surface area contributed by atoms with Crippen molar-refractivity contribution in [3.8, 4) is 0 Å². The minimum Gasteiger partial charge on any atom is -0.483 e. The summed E-state index contributed by atoms with van der Waals surface area (Å²) >= 11 is 0. The van der Waals surface area contributed by atoms with Gasteiger partial charge in [0.15, 0.2) is 0 Å². The molecule has 1 N–H and O–H groups in total. The third-order valence-corrected chi connectivity index (χ3v) is 3.58. The lowest BCUT2D eigenvalue weighted by Crippen LogP contribution is -2.31. The first-order valence-corrected chi connectivity index (χ1v) is 4.91. The Morgan fingerprint density at radius 1 is 1.46 bits per heavy atom. The normalized spacial score (nSPS) is 30.5. The molecule has 13 heavy (non-hydrogen) atoms. The molecule has 1 atom stereocenters. The maximum Gasteiger partial charge on any atom is 0.290 e. The predicted molar refractivity (Wildman–Crippen MR) is 51.6 cm³/mol. The molecule has 1 heterocycles. The molecule has 1 aliphatic heterocycles. The summed E-state index contributed by atoms with van der Waals surface area (Å²) in [6, 6.07) is 0. The number of rotatable bonds is 0. The molecule has 0 aromatic carbocycles. The maximum absolute atomic E-state index is 8.36. The fourth-order valence-corrected chi connectivity index (χ4v) is 2.31. The van der Waals surface area contributed by atoms with E-state index in [1.54, 1.807) is 0 Å². The van der Waals surface area contributed by atoms with Gasteiger partial charge in [-0.1, -0.05) is 6.92 Å². The van der Waals surface area contributed by atoms with E-state index in [1.165, 1.54) is 32.4 Å². The fourth-order valence-electron chi connectivity index (χ4n) is 2.31. The van der Waals surface area contributed by atoms with Crippen molar-refractivity contribution >= 4 is 6.47 Å². The number of likely N-dealkylation sites (tertiary alicyclic amines) is 1. The van der Waals surface area contributed by atoms with Crippen LogP contribution in [-0.4, -0.2) is 36.6 Å². The molecule has 1 saturated carbocycles. The quantitative estimate of drug-likeness (QED) is 0.580. The van der Waals surface area contributed by atoms with Gasteiger partial charge in [-0.3, -0.25) is 4.79 Å². The van der Waals surface area contributed by atoms with Crippen LogP contribution in [0.3, 0.4) is 0 Å². The smallest absolute Gasteiger partial charge is 0.290 e. The van der Waals surface area contributed by atoms with Gasteiger partial charge in [0.1, 0.15) is 0 Å². The summed E-state index contributed by atoms with van der Waals surface area (Å²) in [6.45, 7) is 4.83. The second kappa shape index (κ2) is 4.09. The Balaban J connectivity index is 0.000000251. The molecule has 2 fully saturated rings. The molecule has 1 spiro atoms. The van der Waals surface area contributed by atoms with Crippen LogP contribution in [0.15, 0.2) is 0 Å². The van der Waals surface area contributed by atoms with Gasteiger partial charge in [0.2, 0.25) is 0 Å². The summed E-state index contributed by atoms with van der Waals surface area (Å²) in [4.78, 5) is 10.8. The Kier molecular flexibility index (Phi) is 3.31. The van der Waals surface area contributed by atoms with Crippen LogP contribution in [0, 0.1) is 11.3 Å². The highest BCUT2D eigenvalue weighted by Crippen LogP contribution is 2.58. The number of hydrogen-bond donors (Lipinski definition) is 1. The molecule has 0 radical (unpaired) electrons. The monoisotopic (exact) mass is 185 g/mol. The first-order chi connectivity index (χ1) is 6.14. The van der Waals surface area contributed by atoms with E-state index in [0.29, 0.717) is 0 Å². The molecule has 76 valence electrons. The zero-order valence-electron chi connectivity index (χ0n) is 8.49. The largest absolute Gasteiger partial charge is 0.483 e. The number of hydrogen-bond acceptors (Lipinski definition) is 2. The topological polar surface area (TPSA) is 40.5 Å². The molecule has 0 aromatic rings.